The molecule has 0 aromatic carbocycles. The first-order valence-corrected chi connectivity index (χ1v) is 6.72. The van der Waals surface area contributed by atoms with E-state index in [9.17, 15) is 4.79 Å². The molecule has 0 atom stereocenters. The van der Waals surface area contributed by atoms with Gasteiger partial charge in [-0.25, -0.2) is 4.98 Å². The van der Waals surface area contributed by atoms with Crippen LogP contribution >= 0.6 is 0 Å². The lowest BCUT2D eigenvalue weighted by molar-refractivity contribution is -0.132. The van der Waals surface area contributed by atoms with Crippen molar-refractivity contribution in [2.24, 2.45) is 0 Å². The molecule has 1 saturated heterocycles. The topological polar surface area (TPSA) is 50.2 Å². The molecule has 2 heterocycles. The van der Waals surface area contributed by atoms with Crippen LogP contribution in [0, 0.1) is 0 Å². The summed E-state index contributed by atoms with van der Waals surface area (Å²) >= 11 is 0. The van der Waals surface area contributed by atoms with E-state index in [1.165, 1.54) is 6.42 Å². The Hall–Kier alpha value is -1.36. The minimum absolute atomic E-state index is 0.215. The Bertz CT molecular complexity index is 382. The van der Waals surface area contributed by atoms with Crippen molar-refractivity contribution >= 4 is 5.91 Å². The third-order valence-electron chi connectivity index (χ3n) is 3.34. The minimum Gasteiger partial charge on any atom is -0.341 e. The van der Waals surface area contributed by atoms with Crippen molar-refractivity contribution in [2.75, 3.05) is 26.7 Å². The number of carbonyl (C=O) groups excluding carboxylic acids is 1. The van der Waals surface area contributed by atoms with E-state index in [1.807, 2.05) is 22.7 Å². The van der Waals surface area contributed by atoms with Crippen molar-refractivity contribution in [3.05, 3.63) is 18.2 Å². The lowest BCUT2D eigenvalue weighted by Gasteiger charge is -2.26. The second kappa shape index (κ2) is 6.54. The number of piperidine rings is 1. The zero-order chi connectivity index (χ0) is 12.8. The van der Waals surface area contributed by atoms with Crippen LogP contribution in [-0.2, 0) is 17.8 Å². The van der Waals surface area contributed by atoms with Gasteiger partial charge in [-0.2, -0.15) is 0 Å². The largest absolute Gasteiger partial charge is 0.341 e. The molecule has 100 valence electrons. The van der Waals surface area contributed by atoms with E-state index in [-0.39, 0.29) is 5.91 Å². The fourth-order valence-electron chi connectivity index (χ4n) is 2.27. The van der Waals surface area contributed by atoms with Gasteiger partial charge in [0.1, 0.15) is 6.54 Å². The summed E-state index contributed by atoms with van der Waals surface area (Å²) in [6, 6.07) is 0. The van der Waals surface area contributed by atoms with Gasteiger partial charge in [-0.1, -0.05) is 0 Å². The van der Waals surface area contributed by atoms with Crippen LogP contribution in [0.15, 0.2) is 12.5 Å². The molecule has 1 aromatic heterocycles. The summed E-state index contributed by atoms with van der Waals surface area (Å²) in [5.41, 5.74) is 1.04. The zero-order valence-corrected chi connectivity index (χ0v) is 11.1. The lowest BCUT2D eigenvalue weighted by atomic mass is 10.1. The molecule has 0 aliphatic carbocycles. The Morgan fingerprint density at radius 2 is 2.17 bits per heavy atom. The highest BCUT2D eigenvalue weighted by Gasteiger charge is 2.16. The molecule has 1 amide bonds. The molecule has 0 saturated carbocycles. The monoisotopic (exact) mass is 250 g/mol. The van der Waals surface area contributed by atoms with E-state index in [0.717, 1.165) is 44.6 Å². The van der Waals surface area contributed by atoms with Crippen molar-refractivity contribution in [1.29, 1.82) is 0 Å². The van der Waals surface area contributed by atoms with E-state index < -0.39 is 0 Å². The van der Waals surface area contributed by atoms with Gasteiger partial charge < -0.3 is 14.8 Å². The Morgan fingerprint density at radius 1 is 1.39 bits per heavy atom. The second-order valence-electron chi connectivity index (χ2n) is 4.83. The van der Waals surface area contributed by atoms with Gasteiger partial charge in [-0.3, -0.25) is 4.79 Å². The molecule has 0 unspecified atom stereocenters. The smallest absolute Gasteiger partial charge is 0.242 e. The summed E-state index contributed by atoms with van der Waals surface area (Å²) in [6.45, 7) is 3.17. The van der Waals surface area contributed by atoms with Crippen LogP contribution in [0.5, 0.6) is 0 Å². The molecule has 0 bridgehead atoms. The third-order valence-corrected chi connectivity index (χ3v) is 3.34. The standard InChI is InChI=1S/C13H22N4O/c1-14-6-5-12-9-16(11-15-12)10-13(18)17-7-3-2-4-8-17/h9,11,14H,2-8,10H2,1H3. The zero-order valence-electron chi connectivity index (χ0n) is 11.1. The molecule has 0 radical (unpaired) electrons. The van der Waals surface area contributed by atoms with Gasteiger partial charge in [-0.15, -0.1) is 0 Å². The van der Waals surface area contributed by atoms with Gasteiger partial charge >= 0.3 is 0 Å². The van der Waals surface area contributed by atoms with Crippen LogP contribution in [0.25, 0.3) is 0 Å². The van der Waals surface area contributed by atoms with Crippen molar-refractivity contribution in [3.8, 4) is 0 Å². The maximum atomic E-state index is 12.1. The summed E-state index contributed by atoms with van der Waals surface area (Å²) in [7, 11) is 1.93. The molecular weight excluding hydrogens is 228 g/mol. The van der Waals surface area contributed by atoms with Gasteiger partial charge in [0.25, 0.3) is 0 Å². The Kier molecular flexibility index (Phi) is 4.75. The highest BCUT2D eigenvalue weighted by Crippen LogP contribution is 2.09. The van der Waals surface area contributed by atoms with E-state index in [1.54, 1.807) is 6.33 Å². The van der Waals surface area contributed by atoms with Crippen LogP contribution < -0.4 is 5.32 Å². The summed E-state index contributed by atoms with van der Waals surface area (Å²) in [5.74, 6) is 0.215. The van der Waals surface area contributed by atoms with Crippen LogP contribution in [0.4, 0.5) is 0 Å². The number of imidazole rings is 1. The number of amides is 1. The highest BCUT2D eigenvalue weighted by atomic mass is 16.2. The summed E-state index contributed by atoms with van der Waals surface area (Å²) < 4.78 is 1.89. The fourth-order valence-corrected chi connectivity index (χ4v) is 2.27. The van der Waals surface area contributed by atoms with Gasteiger partial charge in [0, 0.05) is 32.3 Å². The van der Waals surface area contributed by atoms with Gasteiger partial charge in [0.2, 0.25) is 5.91 Å². The molecule has 1 N–H and O–H groups in total. The number of likely N-dealkylation sites (N-methyl/N-ethyl adjacent to an activating group) is 1. The molecule has 5 heteroatoms. The van der Waals surface area contributed by atoms with Crippen molar-refractivity contribution in [1.82, 2.24) is 19.8 Å². The molecule has 18 heavy (non-hydrogen) atoms. The molecule has 5 nitrogen and oxygen atoms in total. The quantitative estimate of drug-likeness (QED) is 0.835. The predicted molar refractivity (Wildman–Crippen MR) is 70.3 cm³/mol. The maximum Gasteiger partial charge on any atom is 0.242 e. The maximum absolute atomic E-state index is 12.1. The van der Waals surface area contributed by atoms with Gasteiger partial charge in [-0.05, 0) is 26.3 Å². The molecule has 2 rings (SSSR count). The molecule has 1 aromatic rings. The first-order valence-electron chi connectivity index (χ1n) is 6.72. The number of carbonyl (C=O) groups is 1. The van der Waals surface area contributed by atoms with E-state index in [0.29, 0.717) is 6.54 Å². The minimum atomic E-state index is 0.215. The Balaban J connectivity index is 1.84. The normalized spacial score (nSPS) is 15.9. The summed E-state index contributed by atoms with van der Waals surface area (Å²) in [5, 5.41) is 3.09. The number of nitrogens with zero attached hydrogens (tertiary/aromatic N) is 3. The van der Waals surface area contributed by atoms with Gasteiger partial charge in [0.15, 0.2) is 0 Å². The Labute approximate surface area is 108 Å². The first-order chi connectivity index (χ1) is 8.79. The number of aromatic nitrogens is 2. The van der Waals surface area contributed by atoms with Gasteiger partial charge in [0.05, 0.1) is 12.0 Å². The van der Waals surface area contributed by atoms with Crippen molar-refractivity contribution in [2.45, 2.75) is 32.2 Å². The molecule has 1 aliphatic rings. The number of likely N-dealkylation sites (tertiary alicyclic amines) is 1. The van der Waals surface area contributed by atoms with E-state index in [4.69, 9.17) is 0 Å². The van der Waals surface area contributed by atoms with Crippen molar-refractivity contribution in [3.63, 3.8) is 0 Å². The first kappa shape index (κ1) is 13.1. The van der Waals surface area contributed by atoms with E-state index >= 15 is 0 Å². The lowest BCUT2D eigenvalue weighted by Crippen LogP contribution is -2.37. The SMILES string of the molecule is CNCCc1cn(CC(=O)N2CCCCC2)cn1. The summed E-state index contributed by atoms with van der Waals surface area (Å²) in [6.07, 6.45) is 8.17. The molecule has 1 fully saturated rings. The van der Waals surface area contributed by atoms with Crippen LogP contribution in [0.1, 0.15) is 25.0 Å². The van der Waals surface area contributed by atoms with Crippen molar-refractivity contribution < 1.29 is 4.79 Å². The number of rotatable bonds is 5. The second-order valence-corrected chi connectivity index (χ2v) is 4.83. The number of hydrogen-bond acceptors (Lipinski definition) is 3. The fraction of sp³-hybridized carbons (Fsp3) is 0.692. The summed E-state index contributed by atoms with van der Waals surface area (Å²) in [4.78, 5) is 18.3. The molecular formula is C13H22N4O. The average molecular weight is 250 g/mol. The molecule has 0 spiro atoms. The van der Waals surface area contributed by atoms with Crippen LogP contribution in [0.3, 0.4) is 0 Å². The highest BCUT2D eigenvalue weighted by molar-refractivity contribution is 5.76. The number of hydrogen-bond donors (Lipinski definition) is 1. The number of nitrogens with one attached hydrogen (secondary N) is 1. The Morgan fingerprint density at radius 3 is 2.89 bits per heavy atom. The predicted octanol–water partition coefficient (Wildman–Crippen LogP) is 0.657. The average Bonchev–Trinajstić information content (AvgIpc) is 2.85. The van der Waals surface area contributed by atoms with Crippen LogP contribution in [-0.4, -0.2) is 47.0 Å². The third kappa shape index (κ3) is 3.57. The molecule has 1 aliphatic heterocycles. The van der Waals surface area contributed by atoms with Crippen LogP contribution in [0.2, 0.25) is 0 Å². The van der Waals surface area contributed by atoms with E-state index in [2.05, 4.69) is 10.3 Å².